The fraction of sp³-hybridized carbons (Fsp3) is 0.533. The van der Waals surface area contributed by atoms with Gasteiger partial charge in [-0.2, -0.15) is 0 Å². The second kappa shape index (κ2) is 5.85. The van der Waals surface area contributed by atoms with E-state index in [1.807, 2.05) is 20.8 Å². The maximum atomic E-state index is 11.6. The molecule has 1 N–H and O–H groups in total. The summed E-state index contributed by atoms with van der Waals surface area (Å²) in [6.07, 6.45) is 0. The Hall–Kier alpha value is -1.31. The van der Waals surface area contributed by atoms with Gasteiger partial charge >= 0.3 is 0 Å². The molecule has 0 spiro atoms. The third-order valence-corrected chi connectivity index (χ3v) is 2.96. The lowest BCUT2D eigenvalue weighted by atomic mass is 9.98. The molecule has 2 nitrogen and oxygen atoms in total. The number of carbonyl (C=O) groups excluding carboxylic acids is 1. The lowest BCUT2D eigenvalue weighted by molar-refractivity contribution is -0.124. The van der Waals surface area contributed by atoms with E-state index < -0.39 is 0 Å². The molecule has 2 heteroatoms. The molecule has 0 saturated carbocycles. The van der Waals surface area contributed by atoms with E-state index in [-0.39, 0.29) is 17.9 Å². The molecule has 0 aliphatic heterocycles. The van der Waals surface area contributed by atoms with Crippen LogP contribution in [0.1, 0.15) is 57.7 Å². The van der Waals surface area contributed by atoms with E-state index in [4.69, 9.17) is 0 Å². The highest BCUT2D eigenvalue weighted by molar-refractivity contribution is 5.78. The molecule has 0 radical (unpaired) electrons. The summed E-state index contributed by atoms with van der Waals surface area (Å²) in [4.78, 5) is 11.6. The van der Waals surface area contributed by atoms with Crippen LogP contribution in [0.5, 0.6) is 0 Å². The van der Waals surface area contributed by atoms with Crippen molar-refractivity contribution in [3.63, 3.8) is 0 Å². The van der Waals surface area contributed by atoms with Gasteiger partial charge in [-0.25, -0.2) is 0 Å². The second-order valence-corrected chi connectivity index (χ2v) is 5.21. The van der Waals surface area contributed by atoms with Gasteiger partial charge in [0.2, 0.25) is 5.91 Å². The van der Waals surface area contributed by atoms with Crippen molar-refractivity contribution in [2.24, 2.45) is 5.92 Å². The Morgan fingerprint density at radius 2 is 1.65 bits per heavy atom. The topological polar surface area (TPSA) is 29.1 Å². The molecular formula is C15H23NO. The molecule has 94 valence electrons. The molecule has 1 atom stereocenters. The van der Waals surface area contributed by atoms with Crippen molar-refractivity contribution in [2.45, 2.75) is 46.6 Å². The normalized spacial score (nSPS) is 12.9. The quantitative estimate of drug-likeness (QED) is 0.845. The number of nitrogens with one attached hydrogen (secondary N) is 1. The van der Waals surface area contributed by atoms with Crippen LogP contribution < -0.4 is 5.32 Å². The Kier molecular flexibility index (Phi) is 4.73. The smallest absolute Gasteiger partial charge is 0.223 e. The molecule has 0 heterocycles. The first-order valence-corrected chi connectivity index (χ1v) is 6.32. The summed E-state index contributed by atoms with van der Waals surface area (Å²) >= 11 is 0. The fourth-order valence-corrected chi connectivity index (χ4v) is 1.65. The van der Waals surface area contributed by atoms with E-state index >= 15 is 0 Å². The largest absolute Gasteiger partial charge is 0.349 e. The van der Waals surface area contributed by atoms with Crippen molar-refractivity contribution in [3.05, 3.63) is 35.4 Å². The van der Waals surface area contributed by atoms with Gasteiger partial charge in [0.15, 0.2) is 0 Å². The van der Waals surface area contributed by atoms with Gasteiger partial charge in [0.05, 0.1) is 6.04 Å². The first-order valence-electron chi connectivity index (χ1n) is 6.32. The zero-order valence-electron chi connectivity index (χ0n) is 11.4. The average Bonchev–Trinajstić information content (AvgIpc) is 2.28. The van der Waals surface area contributed by atoms with Gasteiger partial charge < -0.3 is 5.32 Å². The van der Waals surface area contributed by atoms with E-state index in [0.29, 0.717) is 5.92 Å². The molecule has 0 aliphatic rings. The zero-order chi connectivity index (χ0) is 13.0. The minimum absolute atomic E-state index is 0.0331. The summed E-state index contributed by atoms with van der Waals surface area (Å²) in [6, 6.07) is 8.50. The van der Waals surface area contributed by atoms with Gasteiger partial charge in [-0.05, 0) is 24.0 Å². The van der Waals surface area contributed by atoms with E-state index in [1.54, 1.807) is 0 Å². The lowest BCUT2D eigenvalue weighted by Crippen LogP contribution is -2.30. The fourth-order valence-electron chi connectivity index (χ4n) is 1.65. The predicted octanol–water partition coefficient (Wildman–Crippen LogP) is 3.64. The van der Waals surface area contributed by atoms with Gasteiger partial charge in [-0.1, -0.05) is 52.0 Å². The third kappa shape index (κ3) is 3.88. The van der Waals surface area contributed by atoms with Crippen LogP contribution in [0.4, 0.5) is 0 Å². The number of amides is 1. The van der Waals surface area contributed by atoms with Gasteiger partial charge in [0, 0.05) is 5.92 Å². The van der Waals surface area contributed by atoms with Crippen molar-refractivity contribution in [1.29, 1.82) is 0 Å². The Morgan fingerprint density at radius 3 is 2.18 bits per heavy atom. The Morgan fingerprint density at radius 1 is 1.06 bits per heavy atom. The van der Waals surface area contributed by atoms with Crippen LogP contribution in [-0.4, -0.2) is 5.91 Å². The Balaban J connectivity index is 2.78. The molecule has 0 bridgehead atoms. The SMILES string of the molecule is CC(C)C(=O)NC(C)c1cccc(C(C)C)c1. The molecule has 1 aromatic rings. The van der Waals surface area contributed by atoms with Crippen molar-refractivity contribution in [2.75, 3.05) is 0 Å². The van der Waals surface area contributed by atoms with Crippen LogP contribution in [0.15, 0.2) is 24.3 Å². The van der Waals surface area contributed by atoms with E-state index in [9.17, 15) is 4.79 Å². The number of benzene rings is 1. The van der Waals surface area contributed by atoms with E-state index in [2.05, 4.69) is 43.4 Å². The van der Waals surface area contributed by atoms with Crippen molar-refractivity contribution >= 4 is 5.91 Å². The number of hydrogen-bond acceptors (Lipinski definition) is 1. The molecule has 0 fully saturated rings. The lowest BCUT2D eigenvalue weighted by Gasteiger charge is -2.17. The number of hydrogen-bond donors (Lipinski definition) is 1. The highest BCUT2D eigenvalue weighted by atomic mass is 16.1. The molecule has 1 unspecified atom stereocenters. The second-order valence-electron chi connectivity index (χ2n) is 5.21. The van der Waals surface area contributed by atoms with Gasteiger partial charge in [0.1, 0.15) is 0 Å². The first kappa shape index (κ1) is 13.8. The highest BCUT2D eigenvalue weighted by Gasteiger charge is 2.12. The zero-order valence-corrected chi connectivity index (χ0v) is 11.4. The summed E-state index contributed by atoms with van der Waals surface area (Å²) in [7, 11) is 0. The predicted molar refractivity (Wildman–Crippen MR) is 71.9 cm³/mol. The highest BCUT2D eigenvalue weighted by Crippen LogP contribution is 2.20. The minimum Gasteiger partial charge on any atom is -0.349 e. The van der Waals surface area contributed by atoms with Crippen molar-refractivity contribution in [3.8, 4) is 0 Å². The Labute approximate surface area is 104 Å². The van der Waals surface area contributed by atoms with Gasteiger partial charge in [0.25, 0.3) is 0 Å². The average molecular weight is 233 g/mol. The summed E-state index contributed by atoms with van der Waals surface area (Å²) in [5, 5.41) is 3.02. The number of rotatable bonds is 4. The van der Waals surface area contributed by atoms with Crippen LogP contribution in [0.3, 0.4) is 0 Å². The molecule has 1 aromatic carbocycles. The molecule has 0 aromatic heterocycles. The van der Waals surface area contributed by atoms with E-state index in [0.717, 1.165) is 0 Å². The van der Waals surface area contributed by atoms with Crippen molar-refractivity contribution in [1.82, 2.24) is 5.32 Å². The maximum Gasteiger partial charge on any atom is 0.223 e. The third-order valence-electron chi connectivity index (χ3n) is 2.96. The summed E-state index contributed by atoms with van der Waals surface area (Å²) in [5.41, 5.74) is 2.48. The minimum atomic E-state index is 0.0331. The van der Waals surface area contributed by atoms with Crippen LogP contribution >= 0.6 is 0 Å². The van der Waals surface area contributed by atoms with Crippen LogP contribution in [0, 0.1) is 5.92 Å². The van der Waals surface area contributed by atoms with E-state index in [1.165, 1.54) is 11.1 Å². The van der Waals surface area contributed by atoms with Crippen LogP contribution in [-0.2, 0) is 4.79 Å². The Bertz CT molecular complexity index is 382. The monoisotopic (exact) mass is 233 g/mol. The summed E-state index contributed by atoms with van der Waals surface area (Å²) in [6.45, 7) is 10.2. The maximum absolute atomic E-state index is 11.6. The first-order chi connectivity index (χ1) is 7.91. The molecule has 1 rings (SSSR count). The van der Waals surface area contributed by atoms with Gasteiger partial charge in [-0.15, -0.1) is 0 Å². The number of carbonyl (C=O) groups is 1. The van der Waals surface area contributed by atoms with Crippen molar-refractivity contribution < 1.29 is 4.79 Å². The molecule has 0 saturated heterocycles. The molecule has 1 amide bonds. The van der Waals surface area contributed by atoms with Crippen LogP contribution in [0.2, 0.25) is 0 Å². The summed E-state index contributed by atoms with van der Waals surface area (Å²) < 4.78 is 0. The van der Waals surface area contributed by atoms with Gasteiger partial charge in [-0.3, -0.25) is 4.79 Å². The molecule has 17 heavy (non-hydrogen) atoms. The molecular weight excluding hydrogens is 210 g/mol. The van der Waals surface area contributed by atoms with Crippen LogP contribution in [0.25, 0.3) is 0 Å². The standard InChI is InChI=1S/C15H23NO/c1-10(2)13-7-6-8-14(9-13)12(5)16-15(17)11(3)4/h6-12H,1-5H3,(H,16,17). The summed E-state index contributed by atoms with van der Waals surface area (Å²) in [5.74, 6) is 0.654. The molecule has 0 aliphatic carbocycles.